The lowest BCUT2D eigenvalue weighted by atomic mass is 10.2. The number of para-hydroxylation sites is 1. The van der Waals surface area contributed by atoms with Crippen LogP contribution in [0, 0.1) is 0 Å². The van der Waals surface area contributed by atoms with Gasteiger partial charge >= 0.3 is 0 Å². The summed E-state index contributed by atoms with van der Waals surface area (Å²) in [7, 11) is -2.11. The van der Waals surface area contributed by atoms with Crippen LogP contribution in [0.4, 0.5) is 0 Å². The summed E-state index contributed by atoms with van der Waals surface area (Å²) >= 11 is 0. The largest absolute Gasteiger partial charge is 0.376 e. The van der Waals surface area contributed by atoms with Gasteiger partial charge in [0, 0.05) is 18.2 Å². The molecule has 0 aliphatic carbocycles. The predicted molar refractivity (Wildman–Crippen MR) is 90.1 cm³/mol. The molecule has 1 atom stereocenters. The molecular weight excluding hydrogens is 312 g/mol. The third-order valence-electron chi connectivity index (χ3n) is 3.92. The van der Waals surface area contributed by atoms with E-state index in [4.69, 9.17) is 9.88 Å². The number of rotatable bonds is 4. The molecular formula is C17H18N2O3S. The maximum absolute atomic E-state index is 11.7. The molecule has 2 N–H and O–H groups in total. The van der Waals surface area contributed by atoms with Crippen molar-refractivity contribution in [1.82, 2.24) is 4.57 Å². The number of fused-ring (bicyclic) bond motifs is 1. The molecule has 3 rings (SSSR count). The molecule has 6 heteroatoms. The third-order valence-corrected chi connectivity index (χ3v) is 4.83. The van der Waals surface area contributed by atoms with Crippen LogP contribution in [0.5, 0.6) is 0 Å². The first-order chi connectivity index (χ1) is 10.9. The van der Waals surface area contributed by atoms with Gasteiger partial charge in [-0.2, -0.15) is 0 Å². The van der Waals surface area contributed by atoms with Crippen molar-refractivity contribution in [3.63, 3.8) is 0 Å². The van der Waals surface area contributed by atoms with E-state index in [1.807, 2.05) is 47.9 Å². The van der Waals surface area contributed by atoms with Crippen LogP contribution < -0.4 is 5.14 Å². The molecule has 1 heterocycles. The van der Waals surface area contributed by atoms with E-state index in [1.54, 1.807) is 19.2 Å². The molecule has 2 aromatic carbocycles. The van der Waals surface area contributed by atoms with Crippen LogP contribution in [0.15, 0.2) is 59.5 Å². The van der Waals surface area contributed by atoms with Gasteiger partial charge in [0.05, 0.1) is 22.2 Å². The zero-order valence-corrected chi connectivity index (χ0v) is 13.7. The first-order valence-corrected chi connectivity index (χ1v) is 8.73. The Bertz CT molecular complexity index is 947. The molecule has 120 valence electrons. The highest BCUT2D eigenvalue weighted by Gasteiger charge is 2.18. The molecule has 0 saturated carbocycles. The first kappa shape index (κ1) is 15.7. The van der Waals surface area contributed by atoms with Crippen LogP contribution in [-0.2, 0) is 14.8 Å². The zero-order chi connectivity index (χ0) is 16.6. The highest BCUT2D eigenvalue weighted by Crippen LogP contribution is 2.30. The van der Waals surface area contributed by atoms with Crippen LogP contribution in [0.1, 0.15) is 18.7 Å². The summed E-state index contributed by atoms with van der Waals surface area (Å²) in [6, 6.07) is 16.6. The van der Waals surface area contributed by atoms with E-state index in [1.165, 1.54) is 6.07 Å². The third kappa shape index (κ3) is 2.88. The van der Waals surface area contributed by atoms with Crippen molar-refractivity contribution >= 4 is 20.9 Å². The van der Waals surface area contributed by atoms with Crippen molar-refractivity contribution in [2.45, 2.75) is 17.9 Å². The number of methoxy groups -OCH3 is 1. The van der Waals surface area contributed by atoms with E-state index in [0.717, 1.165) is 22.3 Å². The van der Waals surface area contributed by atoms with Gasteiger partial charge in [0.25, 0.3) is 0 Å². The SMILES string of the molecule is COC(C)c1cc2ccc(S(N)(=O)=O)cc2n1-c1ccccc1. The Labute approximate surface area is 135 Å². The van der Waals surface area contributed by atoms with Gasteiger partial charge in [0.15, 0.2) is 0 Å². The Balaban J connectivity index is 2.36. The van der Waals surface area contributed by atoms with Crippen molar-refractivity contribution in [1.29, 1.82) is 0 Å². The topological polar surface area (TPSA) is 74.3 Å². The van der Waals surface area contributed by atoms with Gasteiger partial charge in [0.1, 0.15) is 0 Å². The second-order valence-electron chi connectivity index (χ2n) is 5.38. The lowest BCUT2D eigenvalue weighted by molar-refractivity contribution is 0.115. The number of nitrogens with zero attached hydrogens (tertiary/aromatic N) is 1. The minimum atomic E-state index is -3.75. The van der Waals surface area contributed by atoms with Crippen molar-refractivity contribution in [2.75, 3.05) is 7.11 Å². The Morgan fingerprint density at radius 2 is 1.78 bits per heavy atom. The van der Waals surface area contributed by atoms with Gasteiger partial charge in [-0.05, 0) is 37.3 Å². The minimum absolute atomic E-state index is 0.0944. The fourth-order valence-electron chi connectivity index (χ4n) is 2.66. The molecule has 23 heavy (non-hydrogen) atoms. The molecule has 0 amide bonds. The van der Waals surface area contributed by atoms with Crippen molar-refractivity contribution in [2.24, 2.45) is 5.14 Å². The average Bonchev–Trinajstić information content (AvgIpc) is 2.92. The predicted octanol–water partition coefficient (Wildman–Crippen LogP) is 2.99. The second-order valence-corrected chi connectivity index (χ2v) is 6.95. The second kappa shape index (κ2) is 5.81. The number of ether oxygens (including phenoxy) is 1. The number of benzene rings is 2. The van der Waals surface area contributed by atoms with Gasteiger partial charge in [0.2, 0.25) is 10.0 Å². The van der Waals surface area contributed by atoms with E-state index < -0.39 is 10.0 Å². The standard InChI is InChI=1S/C17H18N2O3S/c1-12(22-2)16-10-13-8-9-15(23(18,20)21)11-17(13)19(16)14-6-4-3-5-7-14/h3-12H,1-2H3,(H2,18,20,21). The first-order valence-electron chi connectivity index (χ1n) is 7.18. The summed E-state index contributed by atoms with van der Waals surface area (Å²) in [6.45, 7) is 1.95. The van der Waals surface area contributed by atoms with Crippen molar-refractivity contribution < 1.29 is 13.2 Å². The maximum Gasteiger partial charge on any atom is 0.238 e. The number of sulfonamides is 1. The van der Waals surface area contributed by atoms with Crippen LogP contribution in [0.2, 0.25) is 0 Å². The van der Waals surface area contributed by atoms with Crippen molar-refractivity contribution in [3.8, 4) is 5.69 Å². The summed E-state index contributed by atoms with van der Waals surface area (Å²) in [5.74, 6) is 0. The van der Waals surface area contributed by atoms with E-state index in [9.17, 15) is 8.42 Å². The number of hydrogen-bond acceptors (Lipinski definition) is 3. The van der Waals surface area contributed by atoms with Crippen molar-refractivity contribution in [3.05, 3.63) is 60.3 Å². The molecule has 0 radical (unpaired) electrons. The number of nitrogens with two attached hydrogens (primary N) is 1. The van der Waals surface area contributed by atoms with E-state index in [2.05, 4.69) is 0 Å². The number of hydrogen-bond donors (Lipinski definition) is 1. The average molecular weight is 330 g/mol. The van der Waals surface area contributed by atoms with Gasteiger partial charge in [-0.3, -0.25) is 0 Å². The molecule has 0 aliphatic heterocycles. The summed E-state index contributed by atoms with van der Waals surface area (Å²) in [6.07, 6.45) is -0.138. The minimum Gasteiger partial charge on any atom is -0.376 e. The molecule has 0 fully saturated rings. The monoisotopic (exact) mass is 330 g/mol. The highest BCUT2D eigenvalue weighted by molar-refractivity contribution is 7.89. The summed E-state index contributed by atoms with van der Waals surface area (Å²) in [5.41, 5.74) is 2.66. The Hall–Kier alpha value is -2.15. The number of aromatic nitrogens is 1. The molecule has 0 aliphatic rings. The van der Waals surface area contributed by atoms with Gasteiger partial charge in [-0.25, -0.2) is 13.6 Å². The fraction of sp³-hybridized carbons (Fsp3) is 0.176. The lowest BCUT2D eigenvalue weighted by Gasteiger charge is -2.15. The Morgan fingerprint density at radius 1 is 1.09 bits per heavy atom. The normalized spacial score (nSPS) is 13.3. The quantitative estimate of drug-likeness (QED) is 0.799. The fourth-order valence-corrected chi connectivity index (χ4v) is 3.20. The molecule has 0 saturated heterocycles. The Morgan fingerprint density at radius 3 is 2.39 bits per heavy atom. The van der Waals surface area contributed by atoms with E-state index in [0.29, 0.717) is 0 Å². The van der Waals surface area contributed by atoms with Gasteiger partial charge in [-0.15, -0.1) is 0 Å². The maximum atomic E-state index is 11.7. The molecule has 1 aromatic heterocycles. The van der Waals surface area contributed by atoms with Crippen LogP contribution in [0.25, 0.3) is 16.6 Å². The lowest BCUT2D eigenvalue weighted by Crippen LogP contribution is -2.12. The Kier molecular flexibility index (Phi) is 3.97. The smallest absolute Gasteiger partial charge is 0.238 e. The van der Waals surface area contributed by atoms with Gasteiger partial charge < -0.3 is 9.30 Å². The van der Waals surface area contributed by atoms with E-state index in [-0.39, 0.29) is 11.0 Å². The van der Waals surface area contributed by atoms with Gasteiger partial charge in [-0.1, -0.05) is 24.3 Å². The molecule has 5 nitrogen and oxygen atoms in total. The van der Waals surface area contributed by atoms with E-state index >= 15 is 0 Å². The van der Waals surface area contributed by atoms with Crippen LogP contribution >= 0.6 is 0 Å². The summed E-state index contributed by atoms with van der Waals surface area (Å²) < 4.78 is 30.8. The van der Waals surface area contributed by atoms with Crippen LogP contribution in [0.3, 0.4) is 0 Å². The number of primary sulfonamides is 1. The van der Waals surface area contributed by atoms with Crippen LogP contribution in [-0.4, -0.2) is 20.1 Å². The molecule has 1 unspecified atom stereocenters. The zero-order valence-electron chi connectivity index (χ0n) is 12.9. The summed E-state index contributed by atoms with van der Waals surface area (Å²) in [4.78, 5) is 0.0944. The summed E-state index contributed by atoms with van der Waals surface area (Å²) in [5, 5.41) is 6.20. The molecule has 3 aromatic rings. The highest BCUT2D eigenvalue weighted by atomic mass is 32.2. The molecule has 0 spiro atoms. The molecule has 0 bridgehead atoms.